The summed E-state index contributed by atoms with van der Waals surface area (Å²) in [6.07, 6.45) is 0. The molecule has 0 atom stereocenters. The molecule has 0 saturated carbocycles. The maximum Gasteiger partial charge on any atom is 0.234 e. The maximum atomic E-state index is 12.2. The number of carbonyl (C=O) groups excluding carboxylic acids is 1. The Labute approximate surface area is 191 Å². The van der Waals surface area contributed by atoms with Crippen molar-refractivity contribution in [1.82, 2.24) is 10.2 Å². The monoisotopic (exact) mass is 441 g/mol. The van der Waals surface area contributed by atoms with Crippen LogP contribution in [0, 0.1) is 0 Å². The number of hydrogen-bond acceptors (Lipinski definition) is 5. The number of anilines is 1. The van der Waals surface area contributed by atoms with Crippen LogP contribution in [0.4, 0.5) is 5.69 Å². The fourth-order valence-electron chi connectivity index (χ4n) is 3.15. The van der Waals surface area contributed by atoms with Gasteiger partial charge >= 0.3 is 0 Å². The number of rotatable bonds is 8. The van der Waals surface area contributed by atoms with Crippen molar-refractivity contribution in [2.45, 2.75) is 11.9 Å². The van der Waals surface area contributed by atoms with Gasteiger partial charge < -0.3 is 10.1 Å². The third kappa shape index (κ3) is 5.74. The van der Waals surface area contributed by atoms with Gasteiger partial charge in [0.05, 0.1) is 18.1 Å². The summed E-state index contributed by atoms with van der Waals surface area (Å²) >= 11 is 1.35. The summed E-state index contributed by atoms with van der Waals surface area (Å²) in [6, 6.07) is 29.7. The molecule has 4 rings (SSSR count). The molecule has 6 heteroatoms. The lowest BCUT2D eigenvalue weighted by Gasteiger charge is -2.07. The highest BCUT2D eigenvalue weighted by Crippen LogP contribution is 2.24. The lowest BCUT2D eigenvalue weighted by Crippen LogP contribution is -2.14. The van der Waals surface area contributed by atoms with Gasteiger partial charge in [0.15, 0.2) is 0 Å². The minimum atomic E-state index is -0.0958. The first-order chi connectivity index (χ1) is 15.7. The molecule has 0 fully saturated rings. The first-order valence-electron chi connectivity index (χ1n) is 10.4. The molecule has 0 aliphatic carbocycles. The summed E-state index contributed by atoms with van der Waals surface area (Å²) in [5.41, 5.74) is 4.88. The average Bonchev–Trinajstić information content (AvgIpc) is 2.85. The largest absolute Gasteiger partial charge is 0.494 e. The van der Waals surface area contributed by atoms with E-state index in [1.54, 1.807) is 0 Å². The fourth-order valence-corrected chi connectivity index (χ4v) is 3.77. The first kappa shape index (κ1) is 21.6. The standard InChI is InChI=1S/C26H23N3O2S/c1-2-31-23-14-12-22(13-15-23)27-25(30)18-32-26-17-16-24(28-29-26)21-10-8-20(9-11-21)19-6-4-3-5-7-19/h3-17H,2,18H2,1H3,(H,27,30). The Balaban J connectivity index is 1.31. The van der Waals surface area contributed by atoms with Crippen LogP contribution in [-0.2, 0) is 4.79 Å². The predicted octanol–water partition coefficient (Wildman–Crippen LogP) is 5.94. The molecule has 0 aliphatic rings. The first-order valence-corrected chi connectivity index (χ1v) is 11.3. The van der Waals surface area contributed by atoms with E-state index in [0.717, 1.165) is 28.3 Å². The van der Waals surface area contributed by atoms with Crippen LogP contribution in [0.2, 0.25) is 0 Å². The normalized spacial score (nSPS) is 10.5. The van der Waals surface area contributed by atoms with E-state index >= 15 is 0 Å². The summed E-state index contributed by atoms with van der Waals surface area (Å²) in [5, 5.41) is 12.2. The van der Waals surface area contributed by atoms with Gasteiger partial charge in [-0.25, -0.2) is 0 Å². The van der Waals surface area contributed by atoms with Crippen LogP contribution in [0.3, 0.4) is 0 Å². The lowest BCUT2D eigenvalue weighted by atomic mass is 10.0. The summed E-state index contributed by atoms with van der Waals surface area (Å²) < 4.78 is 5.41. The van der Waals surface area contributed by atoms with E-state index in [-0.39, 0.29) is 11.7 Å². The van der Waals surface area contributed by atoms with E-state index in [1.807, 2.05) is 73.7 Å². The zero-order valence-corrected chi connectivity index (χ0v) is 18.5. The number of nitrogens with zero attached hydrogens (tertiary/aromatic N) is 2. The van der Waals surface area contributed by atoms with Crippen molar-refractivity contribution >= 4 is 23.4 Å². The fraction of sp³-hybridized carbons (Fsp3) is 0.115. The van der Waals surface area contributed by atoms with Crippen molar-refractivity contribution in [2.24, 2.45) is 0 Å². The van der Waals surface area contributed by atoms with E-state index in [0.29, 0.717) is 11.6 Å². The Bertz CT molecular complexity index is 1150. The summed E-state index contributed by atoms with van der Waals surface area (Å²) in [6.45, 7) is 2.55. The molecule has 1 amide bonds. The second-order valence-electron chi connectivity index (χ2n) is 6.99. The number of benzene rings is 3. The van der Waals surface area contributed by atoms with Crippen molar-refractivity contribution in [3.05, 3.63) is 91.0 Å². The number of amides is 1. The Morgan fingerprint density at radius 2 is 1.50 bits per heavy atom. The van der Waals surface area contributed by atoms with Crippen LogP contribution in [0.5, 0.6) is 5.75 Å². The van der Waals surface area contributed by atoms with Crippen LogP contribution < -0.4 is 10.1 Å². The number of aromatic nitrogens is 2. The summed E-state index contributed by atoms with van der Waals surface area (Å²) in [7, 11) is 0. The molecular formula is C26H23N3O2S. The van der Waals surface area contributed by atoms with Crippen LogP contribution in [0.1, 0.15) is 6.92 Å². The topological polar surface area (TPSA) is 64.1 Å². The van der Waals surface area contributed by atoms with Gasteiger partial charge in [-0.2, -0.15) is 0 Å². The van der Waals surface area contributed by atoms with E-state index in [1.165, 1.54) is 17.3 Å². The van der Waals surface area contributed by atoms with Crippen molar-refractivity contribution < 1.29 is 9.53 Å². The molecule has 1 aromatic heterocycles. The van der Waals surface area contributed by atoms with E-state index in [9.17, 15) is 4.79 Å². The maximum absolute atomic E-state index is 12.2. The van der Waals surface area contributed by atoms with Gasteiger partial charge in [-0.3, -0.25) is 4.79 Å². The second-order valence-corrected chi connectivity index (χ2v) is 7.99. The molecular weight excluding hydrogens is 418 g/mol. The molecule has 0 saturated heterocycles. The molecule has 4 aromatic rings. The molecule has 1 heterocycles. The van der Waals surface area contributed by atoms with Crippen LogP contribution >= 0.6 is 11.8 Å². The lowest BCUT2D eigenvalue weighted by molar-refractivity contribution is -0.113. The van der Waals surface area contributed by atoms with Gasteiger partial charge in [0.1, 0.15) is 10.8 Å². The van der Waals surface area contributed by atoms with E-state index in [4.69, 9.17) is 4.74 Å². The zero-order chi connectivity index (χ0) is 22.2. The van der Waals surface area contributed by atoms with Crippen molar-refractivity contribution in [2.75, 3.05) is 17.7 Å². The van der Waals surface area contributed by atoms with Gasteiger partial charge in [0, 0.05) is 11.3 Å². The van der Waals surface area contributed by atoms with Crippen molar-refractivity contribution in [1.29, 1.82) is 0 Å². The average molecular weight is 442 g/mol. The van der Waals surface area contributed by atoms with E-state index in [2.05, 4.69) is 39.8 Å². The van der Waals surface area contributed by atoms with E-state index < -0.39 is 0 Å². The SMILES string of the molecule is CCOc1ccc(NC(=O)CSc2ccc(-c3ccc(-c4ccccc4)cc3)nn2)cc1. The van der Waals surface area contributed by atoms with Crippen LogP contribution in [-0.4, -0.2) is 28.5 Å². The molecule has 0 radical (unpaired) electrons. The minimum Gasteiger partial charge on any atom is -0.494 e. The Morgan fingerprint density at radius 1 is 0.812 bits per heavy atom. The number of hydrogen-bond donors (Lipinski definition) is 1. The number of carbonyl (C=O) groups is 1. The van der Waals surface area contributed by atoms with Gasteiger partial charge in [0.25, 0.3) is 0 Å². The third-order valence-corrected chi connectivity index (χ3v) is 5.65. The molecule has 0 unspecified atom stereocenters. The van der Waals surface area contributed by atoms with Crippen molar-refractivity contribution in [3.8, 4) is 28.1 Å². The molecule has 160 valence electrons. The Kier molecular flexibility index (Phi) is 7.15. The quantitative estimate of drug-likeness (QED) is 0.343. The number of thioether (sulfide) groups is 1. The molecule has 3 aromatic carbocycles. The second kappa shape index (κ2) is 10.6. The number of ether oxygens (including phenoxy) is 1. The smallest absolute Gasteiger partial charge is 0.234 e. The minimum absolute atomic E-state index is 0.0958. The Morgan fingerprint density at radius 3 is 2.16 bits per heavy atom. The highest BCUT2D eigenvalue weighted by molar-refractivity contribution is 7.99. The predicted molar refractivity (Wildman–Crippen MR) is 130 cm³/mol. The summed E-state index contributed by atoms with van der Waals surface area (Å²) in [4.78, 5) is 12.2. The molecule has 1 N–H and O–H groups in total. The molecule has 0 aliphatic heterocycles. The van der Waals surface area contributed by atoms with Gasteiger partial charge in [-0.15, -0.1) is 10.2 Å². The Hall–Kier alpha value is -3.64. The molecule has 0 bridgehead atoms. The highest BCUT2D eigenvalue weighted by Gasteiger charge is 2.07. The summed E-state index contributed by atoms with van der Waals surface area (Å²) in [5.74, 6) is 0.944. The third-order valence-electron chi connectivity index (χ3n) is 4.73. The molecule has 0 spiro atoms. The number of nitrogens with one attached hydrogen (secondary N) is 1. The van der Waals surface area contributed by atoms with Crippen molar-refractivity contribution in [3.63, 3.8) is 0 Å². The van der Waals surface area contributed by atoms with Gasteiger partial charge in [0.2, 0.25) is 5.91 Å². The zero-order valence-electron chi connectivity index (χ0n) is 17.7. The van der Waals surface area contributed by atoms with Gasteiger partial charge in [-0.1, -0.05) is 66.4 Å². The van der Waals surface area contributed by atoms with Gasteiger partial charge in [-0.05, 0) is 54.4 Å². The molecule has 5 nitrogen and oxygen atoms in total. The molecule has 32 heavy (non-hydrogen) atoms. The van der Waals surface area contributed by atoms with Crippen LogP contribution in [0.15, 0.2) is 96.0 Å². The highest BCUT2D eigenvalue weighted by atomic mass is 32.2. The van der Waals surface area contributed by atoms with Crippen LogP contribution in [0.25, 0.3) is 22.4 Å².